The second kappa shape index (κ2) is 5.40. The van der Waals surface area contributed by atoms with Gasteiger partial charge in [0.1, 0.15) is 5.97 Å². The van der Waals surface area contributed by atoms with Crippen LogP contribution in [-0.4, -0.2) is 23.5 Å². The van der Waals surface area contributed by atoms with E-state index < -0.39 is 23.5 Å². The molecule has 0 heterocycles. The summed E-state index contributed by atoms with van der Waals surface area (Å²) in [4.78, 5) is 22.2. The van der Waals surface area contributed by atoms with Crippen LogP contribution >= 0.6 is 22.6 Å². The highest BCUT2D eigenvalue weighted by Gasteiger charge is 2.51. The van der Waals surface area contributed by atoms with Crippen LogP contribution in [-0.2, 0) is 9.53 Å². The fraction of sp³-hybridized carbons (Fsp3) is 0.333. The number of aliphatic carboxylic acids is 1. The summed E-state index contributed by atoms with van der Waals surface area (Å²) < 4.78 is 31.8. The maximum Gasteiger partial charge on any atom is 0.339 e. The maximum absolute atomic E-state index is 13.4. The van der Waals surface area contributed by atoms with Gasteiger partial charge in [0.05, 0.1) is 5.56 Å². The van der Waals surface area contributed by atoms with Gasteiger partial charge in [-0.1, -0.05) is 12.1 Å². The zero-order valence-corrected chi connectivity index (χ0v) is 12.2. The van der Waals surface area contributed by atoms with Crippen molar-refractivity contribution in [2.75, 3.05) is 0 Å². The number of halogens is 3. The number of hydrogen-bond acceptors (Lipinski definition) is 4. The fourth-order valence-electron chi connectivity index (χ4n) is 1.22. The van der Waals surface area contributed by atoms with Gasteiger partial charge in [-0.05, 0) is 48.6 Å². The van der Waals surface area contributed by atoms with Gasteiger partial charge < -0.3 is 14.6 Å². The molecule has 0 unspecified atom stereocenters. The molecule has 0 fully saturated rings. The molecular formula is C12H10F2IO4-. The first-order valence-electron chi connectivity index (χ1n) is 5.16. The molecule has 0 aliphatic heterocycles. The molecule has 0 saturated heterocycles. The zero-order valence-electron chi connectivity index (χ0n) is 10.1. The van der Waals surface area contributed by atoms with Crippen molar-refractivity contribution < 1.29 is 28.2 Å². The van der Waals surface area contributed by atoms with Crippen LogP contribution < -0.4 is 5.11 Å². The molecule has 104 valence electrons. The van der Waals surface area contributed by atoms with Crippen molar-refractivity contribution in [2.24, 2.45) is 0 Å². The van der Waals surface area contributed by atoms with Gasteiger partial charge in [-0.25, -0.2) is 4.79 Å². The second-order valence-electron chi connectivity index (χ2n) is 4.24. The fourth-order valence-corrected chi connectivity index (χ4v) is 1.83. The van der Waals surface area contributed by atoms with Crippen LogP contribution in [0.3, 0.4) is 0 Å². The van der Waals surface area contributed by atoms with E-state index in [1.54, 1.807) is 18.2 Å². The van der Waals surface area contributed by atoms with Gasteiger partial charge >= 0.3 is 11.9 Å². The Balaban J connectivity index is 3.00. The van der Waals surface area contributed by atoms with Crippen LogP contribution in [0.1, 0.15) is 24.2 Å². The molecule has 1 aromatic carbocycles. The summed E-state index contributed by atoms with van der Waals surface area (Å²) in [6.45, 7) is 1.63. The van der Waals surface area contributed by atoms with E-state index in [0.717, 1.165) is 13.8 Å². The number of carboxylic acid groups (broad SMARTS) is 1. The number of carbonyl (C=O) groups is 2. The monoisotopic (exact) mass is 383 g/mol. The highest BCUT2D eigenvalue weighted by molar-refractivity contribution is 14.1. The Kier molecular flexibility index (Phi) is 4.49. The third-order valence-electron chi connectivity index (χ3n) is 2.45. The topological polar surface area (TPSA) is 66.4 Å². The van der Waals surface area contributed by atoms with Crippen LogP contribution in [0.2, 0.25) is 0 Å². The molecule has 19 heavy (non-hydrogen) atoms. The molecule has 0 N–H and O–H groups in total. The quantitative estimate of drug-likeness (QED) is 0.586. The number of hydrogen-bond donors (Lipinski definition) is 0. The van der Waals surface area contributed by atoms with Crippen LogP contribution in [0.15, 0.2) is 24.3 Å². The third-order valence-corrected chi connectivity index (χ3v) is 3.39. The van der Waals surface area contributed by atoms with Gasteiger partial charge in [-0.15, -0.1) is 0 Å². The average molecular weight is 383 g/mol. The van der Waals surface area contributed by atoms with Crippen molar-refractivity contribution in [1.82, 2.24) is 0 Å². The number of carbonyl (C=O) groups excluding carboxylic acids is 2. The summed E-state index contributed by atoms with van der Waals surface area (Å²) in [6, 6.07) is 6.21. The lowest BCUT2D eigenvalue weighted by Gasteiger charge is -2.34. The predicted molar refractivity (Wildman–Crippen MR) is 68.6 cm³/mol. The zero-order chi connectivity index (χ0) is 14.8. The van der Waals surface area contributed by atoms with E-state index in [-0.39, 0.29) is 5.56 Å². The standard InChI is InChI=1S/C12H11F2IO4/c1-11(2,12(13,14)10(17)18)19-9(16)7-5-3-4-6-8(7)15/h3-6H,1-2H3,(H,17,18)/p-1. The van der Waals surface area contributed by atoms with E-state index in [1.807, 2.05) is 22.6 Å². The molecule has 0 bridgehead atoms. The summed E-state index contributed by atoms with van der Waals surface area (Å²) in [5.74, 6) is -7.90. The Morgan fingerprint density at radius 3 is 2.26 bits per heavy atom. The van der Waals surface area contributed by atoms with Gasteiger partial charge in [0.25, 0.3) is 0 Å². The van der Waals surface area contributed by atoms with Crippen molar-refractivity contribution in [3.8, 4) is 0 Å². The van der Waals surface area contributed by atoms with E-state index >= 15 is 0 Å². The van der Waals surface area contributed by atoms with E-state index in [0.29, 0.717) is 3.57 Å². The van der Waals surface area contributed by atoms with Gasteiger partial charge in [-0.3, -0.25) is 0 Å². The predicted octanol–water partition coefficient (Wildman–Crippen LogP) is 1.61. The normalized spacial score (nSPS) is 12.1. The number of carboxylic acids is 1. The molecule has 0 spiro atoms. The molecule has 0 saturated carbocycles. The minimum atomic E-state index is -4.29. The highest BCUT2D eigenvalue weighted by atomic mass is 127. The summed E-state index contributed by atoms with van der Waals surface area (Å²) in [7, 11) is 0. The van der Waals surface area contributed by atoms with Gasteiger partial charge in [0.2, 0.25) is 0 Å². The Morgan fingerprint density at radius 2 is 1.79 bits per heavy atom. The molecule has 0 aliphatic carbocycles. The van der Waals surface area contributed by atoms with Crippen molar-refractivity contribution in [1.29, 1.82) is 0 Å². The Bertz CT molecular complexity index is 514. The van der Waals surface area contributed by atoms with Crippen LogP contribution in [0, 0.1) is 3.57 Å². The largest absolute Gasteiger partial charge is 0.544 e. The van der Waals surface area contributed by atoms with Crippen LogP contribution in [0.25, 0.3) is 0 Å². The average Bonchev–Trinajstić information content (AvgIpc) is 2.28. The van der Waals surface area contributed by atoms with E-state index in [2.05, 4.69) is 4.74 Å². The SMILES string of the molecule is CC(C)(OC(=O)c1ccccc1I)C(F)(F)C(=O)[O-]. The lowest BCUT2D eigenvalue weighted by molar-refractivity contribution is -0.341. The first-order chi connectivity index (χ1) is 8.59. The minimum absolute atomic E-state index is 0.0883. The molecule has 0 aromatic heterocycles. The lowest BCUT2D eigenvalue weighted by Crippen LogP contribution is -2.57. The van der Waals surface area contributed by atoms with E-state index in [1.165, 1.54) is 6.07 Å². The highest BCUT2D eigenvalue weighted by Crippen LogP contribution is 2.32. The molecule has 4 nitrogen and oxygen atoms in total. The van der Waals surface area contributed by atoms with Crippen LogP contribution in [0.4, 0.5) is 8.78 Å². The molecular weight excluding hydrogens is 373 g/mol. The molecule has 0 radical (unpaired) electrons. The van der Waals surface area contributed by atoms with Gasteiger partial charge in [0.15, 0.2) is 5.60 Å². The molecule has 1 rings (SSSR count). The van der Waals surface area contributed by atoms with Crippen molar-refractivity contribution in [3.63, 3.8) is 0 Å². The smallest absolute Gasteiger partial charge is 0.339 e. The summed E-state index contributed by atoms with van der Waals surface area (Å²) in [6.07, 6.45) is 0. The van der Waals surface area contributed by atoms with Gasteiger partial charge in [-0.2, -0.15) is 8.78 Å². The number of ether oxygens (including phenoxy) is 1. The number of benzene rings is 1. The van der Waals surface area contributed by atoms with E-state index in [9.17, 15) is 23.5 Å². The molecule has 0 amide bonds. The first-order valence-corrected chi connectivity index (χ1v) is 6.24. The minimum Gasteiger partial charge on any atom is -0.544 e. The molecule has 7 heteroatoms. The van der Waals surface area contributed by atoms with Crippen molar-refractivity contribution in [3.05, 3.63) is 33.4 Å². The third kappa shape index (κ3) is 3.20. The molecule has 1 aromatic rings. The molecule has 0 atom stereocenters. The molecule has 0 aliphatic rings. The van der Waals surface area contributed by atoms with Crippen LogP contribution in [0.5, 0.6) is 0 Å². The number of esters is 1. The lowest BCUT2D eigenvalue weighted by atomic mass is 10.0. The second-order valence-corrected chi connectivity index (χ2v) is 5.40. The number of rotatable bonds is 4. The Labute approximate surface area is 121 Å². The Morgan fingerprint density at radius 1 is 1.26 bits per heavy atom. The van der Waals surface area contributed by atoms with Crippen molar-refractivity contribution in [2.45, 2.75) is 25.4 Å². The summed E-state index contributed by atoms with van der Waals surface area (Å²) >= 11 is 1.84. The van der Waals surface area contributed by atoms with Crippen molar-refractivity contribution >= 4 is 34.5 Å². The van der Waals surface area contributed by atoms with E-state index in [4.69, 9.17) is 0 Å². The number of alkyl halides is 2. The first kappa shape index (κ1) is 15.8. The maximum atomic E-state index is 13.4. The van der Waals surface area contributed by atoms with Gasteiger partial charge in [0, 0.05) is 3.57 Å². The Hall–Kier alpha value is -1.25. The summed E-state index contributed by atoms with van der Waals surface area (Å²) in [5.41, 5.74) is -2.42. The summed E-state index contributed by atoms with van der Waals surface area (Å²) in [5, 5.41) is 10.4.